The summed E-state index contributed by atoms with van der Waals surface area (Å²) in [6.45, 7) is 2.63. The van der Waals surface area contributed by atoms with Crippen molar-refractivity contribution in [1.82, 2.24) is 0 Å². The van der Waals surface area contributed by atoms with Gasteiger partial charge in [-0.05, 0) is 43.7 Å². The van der Waals surface area contributed by atoms with Gasteiger partial charge in [-0.1, -0.05) is 23.7 Å². The molecule has 0 spiro atoms. The maximum atomic E-state index is 13.3. The van der Waals surface area contributed by atoms with Gasteiger partial charge in [0.2, 0.25) is 0 Å². The van der Waals surface area contributed by atoms with Crippen molar-refractivity contribution in [2.45, 2.75) is 38.3 Å². The van der Waals surface area contributed by atoms with Gasteiger partial charge >= 0.3 is 0 Å². The van der Waals surface area contributed by atoms with Gasteiger partial charge in [-0.2, -0.15) is 0 Å². The molecular formula is C14H19ClFNO. The maximum Gasteiger partial charge on any atom is 0.142 e. The molecule has 1 saturated carbocycles. The van der Waals surface area contributed by atoms with Crippen molar-refractivity contribution in [2.75, 3.05) is 6.61 Å². The Morgan fingerprint density at radius 1 is 1.50 bits per heavy atom. The molecule has 0 saturated heterocycles. The summed E-state index contributed by atoms with van der Waals surface area (Å²) in [5.41, 5.74) is 6.95. The summed E-state index contributed by atoms with van der Waals surface area (Å²) in [5.74, 6) is 0.174. The highest BCUT2D eigenvalue weighted by Crippen LogP contribution is 2.36. The fraction of sp³-hybridized carbons (Fsp3) is 0.571. The van der Waals surface area contributed by atoms with Crippen LogP contribution in [-0.2, 0) is 11.2 Å². The summed E-state index contributed by atoms with van der Waals surface area (Å²) in [7, 11) is 0. The highest BCUT2D eigenvalue weighted by Gasteiger charge is 2.35. The fourth-order valence-electron chi connectivity index (χ4n) is 2.30. The Labute approximate surface area is 112 Å². The Morgan fingerprint density at radius 3 is 2.83 bits per heavy atom. The van der Waals surface area contributed by atoms with E-state index < -0.39 is 0 Å². The zero-order chi connectivity index (χ0) is 13.1. The van der Waals surface area contributed by atoms with Crippen molar-refractivity contribution in [2.24, 2.45) is 11.7 Å². The first-order chi connectivity index (χ1) is 8.63. The quantitative estimate of drug-likeness (QED) is 0.863. The van der Waals surface area contributed by atoms with Crippen molar-refractivity contribution in [3.05, 3.63) is 34.6 Å². The van der Waals surface area contributed by atoms with Crippen LogP contribution in [0.2, 0.25) is 5.02 Å². The van der Waals surface area contributed by atoms with Crippen molar-refractivity contribution in [3.8, 4) is 0 Å². The fourth-order valence-corrected chi connectivity index (χ4v) is 2.51. The number of rotatable bonds is 6. The van der Waals surface area contributed by atoms with Gasteiger partial charge in [0.15, 0.2) is 0 Å². The Morgan fingerprint density at radius 2 is 2.22 bits per heavy atom. The van der Waals surface area contributed by atoms with Gasteiger partial charge in [0.1, 0.15) is 5.82 Å². The zero-order valence-corrected chi connectivity index (χ0v) is 11.3. The van der Waals surface area contributed by atoms with E-state index >= 15 is 0 Å². The largest absolute Gasteiger partial charge is 0.377 e. The van der Waals surface area contributed by atoms with Crippen LogP contribution in [0.4, 0.5) is 4.39 Å². The van der Waals surface area contributed by atoms with Crippen LogP contribution >= 0.6 is 11.6 Å². The minimum Gasteiger partial charge on any atom is -0.377 e. The Hall–Kier alpha value is -0.640. The van der Waals surface area contributed by atoms with Crippen molar-refractivity contribution in [3.63, 3.8) is 0 Å². The molecule has 0 amide bonds. The number of ether oxygens (including phenoxy) is 1. The number of halogens is 2. The Kier molecular flexibility index (Phi) is 4.60. The molecule has 2 unspecified atom stereocenters. The average Bonchev–Trinajstić information content (AvgIpc) is 3.16. The van der Waals surface area contributed by atoms with E-state index in [1.807, 2.05) is 13.0 Å². The first kappa shape index (κ1) is 13.8. The average molecular weight is 272 g/mol. The van der Waals surface area contributed by atoms with Crippen LogP contribution in [0.5, 0.6) is 0 Å². The van der Waals surface area contributed by atoms with Crippen LogP contribution in [0.25, 0.3) is 0 Å². The Bertz CT molecular complexity index is 409. The van der Waals surface area contributed by atoms with Crippen LogP contribution in [0.15, 0.2) is 18.2 Å². The molecule has 4 heteroatoms. The topological polar surface area (TPSA) is 35.2 Å². The van der Waals surface area contributed by atoms with Gasteiger partial charge in [0.25, 0.3) is 0 Å². The van der Waals surface area contributed by atoms with E-state index in [0.29, 0.717) is 18.9 Å². The number of nitrogens with two attached hydrogens (primary N) is 1. The highest BCUT2D eigenvalue weighted by molar-refractivity contribution is 6.31. The van der Waals surface area contributed by atoms with E-state index in [1.165, 1.54) is 18.9 Å². The molecule has 2 nitrogen and oxygen atoms in total. The third-order valence-electron chi connectivity index (χ3n) is 3.35. The third kappa shape index (κ3) is 3.22. The molecule has 0 bridgehead atoms. The van der Waals surface area contributed by atoms with Crippen LogP contribution < -0.4 is 5.73 Å². The molecule has 1 fully saturated rings. The molecule has 1 aromatic rings. The smallest absolute Gasteiger partial charge is 0.142 e. The molecule has 1 aliphatic rings. The number of benzene rings is 1. The van der Waals surface area contributed by atoms with Gasteiger partial charge in [0, 0.05) is 12.6 Å². The summed E-state index contributed by atoms with van der Waals surface area (Å²) in [5, 5.41) is 0.180. The zero-order valence-electron chi connectivity index (χ0n) is 10.5. The van der Waals surface area contributed by atoms with Crippen LogP contribution in [0.1, 0.15) is 25.3 Å². The molecule has 2 rings (SSSR count). The van der Waals surface area contributed by atoms with Gasteiger partial charge in [-0.3, -0.25) is 0 Å². The lowest BCUT2D eigenvalue weighted by atomic mass is 9.99. The lowest BCUT2D eigenvalue weighted by Crippen LogP contribution is -2.40. The van der Waals surface area contributed by atoms with Crippen molar-refractivity contribution in [1.29, 1.82) is 0 Å². The van der Waals surface area contributed by atoms with E-state index in [2.05, 4.69) is 0 Å². The minimum absolute atomic E-state index is 0.0642. The van der Waals surface area contributed by atoms with Crippen molar-refractivity contribution < 1.29 is 9.13 Å². The van der Waals surface area contributed by atoms with E-state index in [9.17, 15) is 4.39 Å². The second-order valence-electron chi connectivity index (χ2n) is 4.84. The predicted molar refractivity (Wildman–Crippen MR) is 71.2 cm³/mol. The summed E-state index contributed by atoms with van der Waals surface area (Å²) < 4.78 is 19.1. The molecule has 2 N–H and O–H groups in total. The summed E-state index contributed by atoms with van der Waals surface area (Å²) in [4.78, 5) is 0. The second kappa shape index (κ2) is 6.00. The van der Waals surface area contributed by atoms with Crippen LogP contribution in [-0.4, -0.2) is 18.8 Å². The normalized spacial score (nSPS) is 18.7. The lowest BCUT2D eigenvalue weighted by Gasteiger charge is -2.24. The molecule has 1 aromatic carbocycles. The van der Waals surface area contributed by atoms with E-state index in [0.717, 1.165) is 5.56 Å². The third-order valence-corrected chi connectivity index (χ3v) is 3.78. The van der Waals surface area contributed by atoms with Gasteiger partial charge < -0.3 is 10.5 Å². The van der Waals surface area contributed by atoms with E-state index in [-0.39, 0.29) is 23.0 Å². The monoisotopic (exact) mass is 271 g/mol. The summed E-state index contributed by atoms with van der Waals surface area (Å²) >= 11 is 5.94. The maximum absolute atomic E-state index is 13.3. The van der Waals surface area contributed by atoms with Gasteiger partial charge in [-0.25, -0.2) is 4.39 Å². The molecule has 0 aromatic heterocycles. The Balaban J connectivity index is 2.04. The lowest BCUT2D eigenvalue weighted by molar-refractivity contribution is 0.0288. The predicted octanol–water partition coefficient (Wildman–Crippen LogP) is 3.16. The first-order valence-electron chi connectivity index (χ1n) is 6.43. The molecule has 100 valence electrons. The SMILES string of the molecule is CCOC(C(N)Cc1cccc(F)c1Cl)C1CC1. The number of hydrogen-bond acceptors (Lipinski definition) is 2. The highest BCUT2D eigenvalue weighted by atomic mass is 35.5. The molecular weight excluding hydrogens is 253 g/mol. The molecule has 0 aliphatic heterocycles. The first-order valence-corrected chi connectivity index (χ1v) is 6.81. The van der Waals surface area contributed by atoms with E-state index in [4.69, 9.17) is 22.1 Å². The summed E-state index contributed by atoms with van der Waals surface area (Å²) in [6.07, 6.45) is 2.97. The van der Waals surface area contributed by atoms with Crippen LogP contribution in [0.3, 0.4) is 0 Å². The second-order valence-corrected chi connectivity index (χ2v) is 5.22. The molecule has 18 heavy (non-hydrogen) atoms. The standard InChI is InChI=1S/C14H19ClFNO/c1-2-18-14(9-6-7-9)12(17)8-10-4-3-5-11(16)13(10)15/h3-5,9,12,14H,2,6-8,17H2,1H3. The number of hydrogen-bond donors (Lipinski definition) is 1. The van der Waals surface area contributed by atoms with Crippen LogP contribution in [0, 0.1) is 11.7 Å². The van der Waals surface area contributed by atoms with Crippen molar-refractivity contribution >= 4 is 11.6 Å². The molecule has 0 heterocycles. The molecule has 0 radical (unpaired) electrons. The molecule has 1 aliphatic carbocycles. The van der Waals surface area contributed by atoms with Gasteiger partial charge in [0.05, 0.1) is 11.1 Å². The minimum atomic E-state index is -0.388. The summed E-state index contributed by atoms with van der Waals surface area (Å²) in [6, 6.07) is 4.71. The molecule has 2 atom stereocenters. The van der Waals surface area contributed by atoms with Gasteiger partial charge in [-0.15, -0.1) is 0 Å². The van der Waals surface area contributed by atoms with E-state index in [1.54, 1.807) is 6.07 Å².